The summed E-state index contributed by atoms with van der Waals surface area (Å²) in [5.41, 5.74) is 0. The minimum Gasteiger partial charge on any atom is -0.316 e. The first kappa shape index (κ1) is 10.5. The lowest BCUT2D eigenvalue weighted by Gasteiger charge is -2.33. The summed E-state index contributed by atoms with van der Waals surface area (Å²) >= 11 is 0. The average Bonchev–Trinajstić information content (AvgIpc) is 2.23. The Hall–Kier alpha value is -0.0400. The lowest BCUT2D eigenvalue weighted by molar-refractivity contribution is 0.199. The first-order valence-corrected chi connectivity index (χ1v) is 6.57. The van der Waals surface area contributed by atoms with Crippen molar-refractivity contribution in [3.8, 4) is 0 Å². The van der Waals surface area contributed by atoms with Crippen molar-refractivity contribution in [2.24, 2.45) is 17.8 Å². The maximum atomic E-state index is 3.50. The van der Waals surface area contributed by atoms with Crippen molar-refractivity contribution in [2.45, 2.75) is 51.9 Å². The molecule has 0 spiro atoms. The van der Waals surface area contributed by atoms with Crippen LogP contribution in [-0.4, -0.2) is 13.1 Å². The zero-order chi connectivity index (χ0) is 9.80. The standard InChI is InChI=1S/C13H25N/c1-11-10-14-8-7-13(11)9-12-5-3-2-4-6-12/h11-14H,2-10H2,1H3. The summed E-state index contributed by atoms with van der Waals surface area (Å²) in [5, 5.41) is 3.50. The van der Waals surface area contributed by atoms with Crippen LogP contribution < -0.4 is 5.32 Å². The fourth-order valence-corrected chi connectivity index (χ4v) is 3.27. The van der Waals surface area contributed by atoms with Crippen LogP contribution in [0.1, 0.15) is 51.9 Å². The Morgan fingerprint density at radius 3 is 2.57 bits per heavy atom. The first-order valence-electron chi connectivity index (χ1n) is 6.57. The van der Waals surface area contributed by atoms with E-state index in [4.69, 9.17) is 0 Å². The van der Waals surface area contributed by atoms with Crippen LogP contribution in [0.2, 0.25) is 0 Å². The molecule has 1 aliphatic heterocycles. The van der Waals surface area contributed by atoms with Crippen molar-refractivity contribution in [3.63, 3.8) is 0 Å². The largest absolute Gasteiger partial charge is 0.316 e. The van der Waals surface area contributed by atoms with E-state index >= 15 is 0 Å². The van der Waals surface area contributed by atoms with E-state index in [0.29, 0.717) is 0 Å². The Bertz CT molecular complexity index is 161. The van der Waals surface area contributed by atoms with Gasteiger partial charge in [0.1, 0.15) is 0 Å². The zero-order valence-corrected chi connectivity index (χ0v) is 9.60. The van der Waals surface area contributed by atoms with Crippen LogP contribution in [0.4, 0.5) is 0 Å². The summed E-state index contributed by atoms with van der Waals surface area (Å²) in [6, 6.07) is 0. The molecule has 1 N–H and O–H groups in total. The molecular formula is C13H25N. The highest BCUT2D eigenvalue weighted by Crippen LogP contribution is 2.33. The smallest absolute Gasteiger partial charge is 0.00205 e. The summed E-state index contributed by atoms with van der Waals surface area (Å²) in [4.78, 5) is 0. The minimum atomic E-state index is 0.922. The summed E-state index contributed by atoms with van der Waals surface area (Å²) in [7, 11) is 0. The van der Waals surface area contributed by atoms with Crippen molar-refractivity contribution in [1.29, 1.82) is 0 Å². The highest BCUT2D eigenvalue weighted by Gasteiger charge is 2.24. The van der Waals surface area contributed by atoms with E-state index in [1.807, 2.05) is 0 Å². The third kappa shape index (κ3) is 2.73. The van der Waals surface area contributed by atoms with Crippen molar-refractivity contribution >= 4 is 0 Å². The Kier molecular flexibility index (Phi) is 3.86. The molecule has 82 valence electrons. The molecule has 1 saturated heterocycles. The molecule has 14 heavy (non-hydrogen) atoms. The molecule has 0 amide bonds. The van der Waals surface area contributed by atoms with Gasteiger partial charge in [-0.15, -0.1) is 0 Å². The third-order valence-electron chi connectivity index (χ3n) is 4.32. The third-order valence-corrected chi connectivity index (χ3v) is 4.32. The van der Waals surface area contributed by atoms with Gasteiger partial charge in [-0.25, -0.2) is 0 Å². The molecule has 1 aliphatic carbocycles. The minimum absolute atomic E-state index is 0.922. The summed E-state index contributed by atoms with van der Waals surface area (Å²) in [5.74, 6) is 3.03. The van der Waals surface area contributed by atoms with E-state index in [9.17, 15) is 0 Å². The van der Waals surface area contributed by atoms with Crippen LogP contribution in [0.15, 0.2) is 0 Å². The van der Waals surface area contributed by atoms with E-state index in [1.54, 1.807) is 0 Å². The van der Waals surface area contributed by atoms with Gasteiger partial charge in [-0.05, 0) is 43.7 Å². The van der Waals surface area contributed by atoms with Gasteiger partial charge < -0.3 is 5.32 Å². The molecular weight excluding hydrogens is 170 g/mol. The normalized spacial score (nSPS) is 35.8. The Balaban J connectivity index is 1.76. The van der Waals surface area contributed by atoms with Crippen molar-refractivity contribution in [1.82, 2.24) is 5.32 Å². The van der Waals surface area contributed by atoms with E-state index in [2.05, 4.69) is 12.2 Å². The van der Waals surface area contributed by atoms with E-state index in [-0.39, 0.29) is 0 Å². The molecule has 1 heteroatoms. The lowest BCUT2D eigenvalue weighted by atomic mass is 9.76. The van der Waals surface area contributed by atoms with E-state index < -0.39 is 0 Å². The van der Waals surface area contributed by atoms with Crippen molar-refractivity contribution in [2.75, 3.05) is 13.1 Å². The molecule has 0 aromatic rings. The van der Waals surface area contributed by atoms with Crippen LogP contribution in [0, 0.1) is 17.8 Å². The van der Waals surface area contributed by atoms with Gasteiger partial charge in [-0.2, -0.15) is 0 Å². The molecule has 2 atom stereocenters. The molecule has 1 nitrogen and oxygen atoms in total. The highest BCUT2D eigenvalue weighted by molar-refractivity contribution is 4.78. The molecule has 0 aromatic carbocycles. The monoisotopic (exact) mass is 195 g/mol. The Labute approximate surface area is 88.7 Å². The van der Waals surface area contributed by atoms with Gasteiger partial charge in [0, 0.05) is 0 Å². The van der Waals surface area contributed by atoms with Crippen LogP contribution in [0.5, 0.6) is 0 Å². The fraction of sp³-hybridized carbons (Fsp3) is 1.00. The van der Waals surface area contributed by atoms with Gasteiger partial charge in [0.05, 0.1) is 0 Å². The molecule has 1 heterocycles. The quantitative estimate of drug-likeness (QED) is 0.713. The van der Waals surface area contributed by atoms with Crippen LogP contribution in [0.3, 0.4) is 0 Å². The number of nitrogens with one attached hydrogen (secondary N) is 1. The average molecular weight is 195 g/mol. The molecule has 1 saturated carbocycles. The van der Waals surface area contributed by atoms with Gasteiger partial charge in [-0.3, -0.25) is 0 Å². The maximum Gasteiger partial charge on any atom is -0.00205 e. The summed E-state index contributed by atoms with van der Waals surface area (Å²) in [6.07, 6.45) is 10.5. The predicted molar refractivity (Wildman–Crippen MR) is 61.3 cm³/mol. The second-order valence-corrected chi connectivity index (χ2v) is 5.47. The van der Waals surface area contributed by atoms with Gasteiger partial charge in [0.15, 0.2) is 0 Å². The number of rotatable bonds is 2. The summed E-state index contributed by atoms with van der Waals surface area (Å²) < 4.78 is 0. The molecule has 0 aromatic heterocycles. The topological polar surface area (TPSA) is 12.0 Å². The van der Waals surface area contributed by atoms with Gasteiger partial charge >= 0.3 is 0 Å². The van der Waals surface area contributed by atoms with Crippen molar-refractivity contribution in [3.05, 3.63) is 0 Å². The molecule has 2 aliphatic rings. The zero-order valence-electron chi connectivity index (χ0n) is 9.60. The molecule has 2 rings (SSSR count). The van der Waals surface area contributed by atoms with Crippen LogP contribution in [-0.2, 0) is 0 Å². The Morgan fingerprint density at radius 2 is 1.86 bits per heavy atom. The van der Waals surface area contributed by atoms with E-state index in [0.717, 1.165) is 17.8 Å². The maximum absolute atomic E-state index is 3.50. The van der Waals surface area contributed by atoms with Crippen molar-refractivity contribution < 1.29 is 0 Å². The number of hydrogen-bond acceptors (Lipinski definition) is 1. The molecule has 0 radical (unpaired) electrons. The second kappa shape index (κ2) is 5.16. The SMILES string of the molecule is CC1CNCCC1CC1CCCCC1. The van der Waals surface area contributed by atoms with Gasteiger partial charge in [-0.1, -0.05) is 39.0 Å². The predicted octanol–water partition coefficient (Wildman–Crippen LogP) is 3.20. The molecule has 0 bridgehead atoms. The molecule has 2 unspecified atom stereocenters. The van der Waals surface area contributed by atoms with E-state index in [1.165, 1.54) is 58.0 Å². The van der Waals surface area contributed by atoms with Crippen LogP contribution in [0.25, 0.3) is 0 Å². The Morgan fingerprint density at radius 1 is 1.07 bits per heavy atom. The number of hydrogen-bond donors (Lipinski definition) is 1. The second-order valence-electron chi connectivity index (χ2n) is 5.47. The number of piperidine rings is 1. The molecule has 2 fully saturated rings. The lowest BCUT2D eigenvalue weighted by Crippen LogP contribution is -2.36. The first-order chi connectivity index (χ1) is 6.86. The van der Waals surface area contributed by atoms with Gasteiger partial charge in [0.2, 0.25) is 0 Å². The van der Waals surface area contributed by atoms with Gasteiger partial charge in [0.25, 0.3) is 0 Å². The van der Waals surface area contributed by atoms with Crippen LogP contribution >= 0.6 is 0 Å². The highest BCUT2D eigenvalue weighted by atomic mass is 14.9. The summed E-state index contributed by atoms with van der Waals surface area (Å²) in [6.45, 7) is 4.96. The fourth-order valence-electron chi connectivity index (χ4n) is 3.27.